The number of furan rings is 1. The predicted molar refractivity (Wildman–Crippen MR) is 54.6 cm³/mol. The van der Waals surface area contributed by atoms with Gasteiger partial charge in [-0.1, -0.05) is 0 Å². The van der Waals surface area contributed by atoms with E-state index in [9.17, 15) is 0 Å². The van der Waals surface area contributed by atoms with Crippen LogP contribution in [0.1, 0.15) is 5.56 Å². The molecule has 2 rings (SSSR count). The SMILES string of the molecule is COc1cc(NCc2ccoc2)ncn1. The molecule has 78 valence electrons. The van der Waals surface area contributed by atoms with Crippen molar-refractivity contribution >= 4 is 5.82 Å². The summed E-state index contributed by atoms with van der Waals surface area (Å²) in [5, 5.41) is 3.13. The third-order valence-electron chi connectivity index (χ3n) is 1.90. The van der Waals surface area contributed by atoms with Gasteiger partial charge in [-0.3, -0.25) is 0 Å². The molecular formula is C10H11N3O2. The number of methoxy groups -OCH3 is 1. The van der Waals surface area contributed by atoms with Crippen molar-refractivity contribution in [1.29, 1.82) is 0 Å². The first-order valence-corrected chi connectivity index (χ1v) is 4.49. The number of rotatable bonds is 4. The Hall–Kier alpha value is -2.04. The first kappa shape index (κ1) is 9.51. The summed E-state index contributed by atoms with van der Waals surface area (Å²) in [4.78, 5) is 7.96. The Morgan fingerprint density at radius 2 is 2.40 bits per heavy atom. The smallest absolute Gasteiger partial charge is 0.218 e. The summed E-state index contributed by atoms with van der Waals surface area (Å²) in [6, 6.07) is 3.63. The third-order valence-corrected chi connectivity index (χ3v) is 1.90. The van der Waals surface area contributed by atoms with E-state index < -0.39 is 0 Å². The van der Waals surface area contributed by atoms with E-state index in [4.69, 9.17) is 9.15 Å². The van der Waals surface area contributed by atoms with Crippen molar-refractivity contribution in [2.24, 2.45) is 0 Å². The van der Waals surface area contributed by atoms with Gasteiger partial charge in [0, 0.05) is 18.2 Å². The van der Waals surface area contributed by atoms with Crippen molar-refractivity contribution in [2.75, 3.05) is 12.4 Å². The molecule has 0 spiro atoms. The summed E-state index contributed by atoms with van der Waals surface area (Å²) in [6.45, 7) is 0.663. The normalized spacial score (nSPS) is 9.93. The molecule has 5 heteroatoms. The third kappa shape index (κ3) is 2.46. The maximum absolute atomic E-state index is 4.98. The summed E-state index contributed by atoms with van der Waals surface area (Å²) in [7, 11) is 1.57. The standard InChI is InChI=1S/C10H11N3O2/c1-14-10-4-9(12-7-13-10)11-5-8-2-3-15-6-8/h2-4,6-7H,5H2,1H3,(H,11,12,13). The molecule has 0 fully saturated rings. The van der Waals surface area contributed by atoms with Crippen LogP contribution in [0.4, 0.5) is 5.82 Å². The van der Waals surface area contributed by atoms with Gasteiger partial charge >= 0.3 is 0 Å². The average Bonchev–Trinajstić information content (AvgIpc) is 2.79. The molecule has 0 aliphatic carbocycles. The second kappa shape index (κ2) is 4.45. The minimum absolute atomic E-state index is 0.541. The first-order chi connectivity index (χ1) is 7.38. The van der Waals surface area contributed by atoms with E-state index in [-0.39, 0.29) is 0 Å². The Morgan fingerprint density at radius 3 is 3.13 bits per heavy atom. The Labute approximate surface area is 87.1 Å². The van der Waals surface area contributed by atoms with Crippen LogP contribution >= 0.6 is 0 Å². The molecule has 15 heavy (non-hydrogen) atoms. The highest BCUT2D eigenvalue weighted by Gasteiger charge is 1.98. The van der Waals surface area contributed by atoms with Crippen molar-refractivity contribution in [1.82, 2.24) is 9.97 Å². The van der Waals surface area contributed by atoms with E-state index in [1.54, 1.807) is 25.7 Å². The van der Waals surface area contributed by atoms with E-state index >= 15 is 0 Å². The number of nitrogens with one attached hydrogen (secondary N) is 1. The van der Waals surface area contributed by atoms with E-state index in [0.717, 1.165) is 11.4 Å². The molecule has 0 saturated heterocycles. The van der Waals surface area contributed by atoms with Crippen LogP contribution in [0.25, 0.3) is 0 Å². The van der Waals surface area contributed by atoms with Gasteiger partial charge in [0.25, 0.3) is 0 Å². The van der Waals surface area contributed by atoms with Gasteiger partial charge in [0.2, 0.25) is 5.88 Å². The van der Waals surface area contributed by atoms with Crippen molar-refractivity contribution in [2.45, 2.75) is 6.54 Å². The lowest BCUT2D eigenvalue weighted by Gasteiger charge is -2.04. The molecule has 5 nitrogen and oxygen atoms in total. The Bertz CT molecular complexity index is 414. The van der Waals surface area contributed by atoms with Gasteiger partial charge < -0.3 is 14.5 Å². The average molecular weight is 205 g/mol. The van der Waals surface area contributed by atoms with Crippen molar-refractivity contribution in [3.63, 3.8) is 0 Å². The van der Waals surface area contributed by atoms with Gasteiger partial charge in [0.05, 0.1) is 19.6 Å². The van der Waals surface area contributed by atoms with Gasteiger partial charge in [-0.25, -0.2) is 9.97 Å². The fourth-order valence-corrected chi connectivity index (χ4v) is 1.13. The Kier molecular flexibility index (Phi) is 2.82. The lowest BCUT2D eigenvalue weighted by molar-refractivity contribution is 0.397. The van der Waals surface area contributed by atoms with Crippen molar-refractivity contribution in [3.8, 4) is 5.88 Å². The fraction of sp³-hybridized carbons (Fsp3) is 0.200. The highest BCUT2D eigenvalue weighted by Crippen LogP contribution is 2.11. The monoisotopic (exact) mass is 205 g/mol. The number of aromatic nitrogens is 2. The van der Waals surface area contributed by atoms with Crippen LogP contribution in [0.15, 0.2) is 35.4 Å². The summed E-state index contributed by atoms with van der Waals surface area (Å²) < 4.78 is 9.93. The zero-order chi connectivity index (χ0) is 10.5. The van der Waals surface area contributed by atoms with Crippen LogP contribution in [0.5, 0.6) is 5.88 Å². The van der Waals surface area contributed by atoms with Crippen LogP contribution < -0.4 is 10.1 Å². The van der Waals surface area contributed by atoms with Gasteiger partial charge in [0.1, 0.15) is 12.1 Å². The first-order valence-electron chi connectivity index (χ1n) is 4.49. The molecular weight excluding hydrogens is 194 g/mol. The minimum atomic E-state index is 0.541. The van der Waals surface area contributed by atoms with Crippen LogP contribution in [0, 0.1) is 0 Å². The lowest BCUT2D eigenvalue weighted by Crippen LogP contribution is -2.01. The molecule has 0 saturated carbocycles. The highest BCUT2D eigenvalue weighted by atomic mass is 16.5. The number of ether oxygens (including phenoxy) is 1. The van der Waals surface area contributed by atoms with Gasteiger partial charge in [-0.2, -0.15) is 0 Å². The molecule has 0 bridgehead atoms. The molecule has 0 unspecified atom stereocenters. The Balaban J connectivity index is 1.98. The second-order valence-electron chi connectivity index (χ2n) is 2.93. The highest BCUT2D eigenvalue weighted by molar-refractivity contribution is 5.37. The Morgan fingerprint density at radius 1 is 1.47 bits per heavy atom. The molecule has 0 aromatic carbocycles. The molecule has 0 radical (unpaired) electrons. The predicted octanol–water partition coefficient (Wildman–Crippen LogP) is 1.69. The van der Waals surface area contributed by atoms with Gasteiger partial charge in [0.15, 0.2) is 0 Å². The van der Waals surface area contributed by atoms with Crippen LogP contribution in [-0.4, -0.2) is 17.1 Å². The largest absolute Gasteiger partial charge is 0.481 e. The summed E-state index contributed by atoms with van der Waals surface area (Å²) in [5.74, 6) is 1.27. The molecule has 2 aromatic rings. The topological polar surface area (TPSA) is 60.2 Å². The van der Waals surface area contributed by atoms with Gasteiger partial charge in [-0.15, -0.1) is 0 Å². The van der Waals surface area contributed by atoms with Crippen molar-refractivity contribution in [3.05, 3.63) is 36.5 Å². The molecule has 2 aromatic heterocycles. The van der Waals surface area contributed by atoms with E-state index in [1.807, 2.05) is 6.07 Å². The number of anilines is 1. The summed E-state index contributed by atoms with van der Waals surface area (Å²) in [5.41, 5.74) is 1.06. The lowest BCUT2D eigenvalue weighted by atomic mass is 10.3. The van der Waals surface area contributed by atoms with Crippen LogP contribution in [-0.2, 0) is 6.54 Å². The molecule has 2 heterocycles. The zero-order valence-electron chi connectivity index (χ0n) is 8.30. The van der Waals surface area contributed by atoms with E-state index in [1.165, 1.54) is 6.33 Å². The summed E-state index contributed by atoms with van der Waals surface area (Å²) >= 11 is 0. The zero-order valence-corrected chi connectivity index (χ0v) is 8.30. The molecule has 0 atom stereocenters. The maximum Gasteiger partial charge on any atom is 0.218 e. The molecule has 0 aliphatic rings. The second-order valence-corrected chi connectivity index (χ2v) is 2.93. The quantitative estimate of drug-likeness (QED) is 0.823. The molecule has 1 N–H and O–H groups in total. The van der Waals surface area contributed by atoms with E-state index in [2.05, 4.69) is 15.3 Å². The minimum Gasteiger partial charge on any atom is -0.481 e. The number of hydrogen-bond acceptors (Lipinski definition) is 5. The fourth-order valence-electron chi connectivity index (χ4n) is 1.13. The molecule has 0 aliphatic heterocycles. The number of hydrogen-bond donors (Lipinski definition) is 1. The molecule has 0 amide bonds. The summed E-state index contributed by atoms with van der Waals surface area (Å²) in [6.07, 6.45) is 4.78. The van der Waals surface area contributed by atoms with Crippen LogP contribution in [0.2, 0.25) is 0 Å². The van der Waals surface area contributed by atoms with E-state index in [0.29, 0.717) is 12.4 Å². The van der Waals surface area contributed by atoms with Crippen molar-refractivity contribution < 1.29 is 9.15 Å². The van der Waals surface area contributed by atoms with Gasteiger partial charge in [-0.05, 0) is 6.07 Å². The van der Waals surface area contributed by atoms with Crippen LogP contribution in [0.3, 0.4) is 0 Å². The number of nitrogens with zero attached hydrogens (tertiary/aromatic N) is 2. The maximum atomic E-state index is 4.98.